The summed E-state index contributed by atoms with van der Waals surface area (Å²) in [6.07, 6.45) is -0.593. The molecule has 3 rings (SSSR count). The number of hydrogen-bond donors (Lipinski definition) is 0. The number of methoxy groups -OCH3 is 1. The molecule has 2 aromatic rings. The van der Waals surface area contributed by atoms with E-state index in [4.69, 9.17) is 14.2 Å². The van der Waals surface area contributed by atoms with Crippen LogP contribution in [0.2, 0.25) is 0 Å². The quantitative estimate of drug-likeness (QED) is 0.427. The highest BCUT2D eigenvalue weighted by Gasteiger charge is 2.49. The van der Waals surface area contributed by atoms with Gasteiger partial charge in [-0.3, -0.25) is 4.79 Å². The lowest BCUT2D eigenvalue weighted by Gasteiger charge is -2.32. The molecule has 0 saturated carbocycles. The number of ether oxygens (including phenoxy) is 3. The fourth-order valence-electron chi connectivity index (χ4n) is 4.36. The molecule has 1 saturated heterocycles. The van der Waals surface area contributed by atoms with Crippen LogP contribution in [0.25, 0.3) is 10.4 Å². The molecule has 2 heterocycles. The minimum absolute atomic E-state index is 0.00878. The van der Waals surface area contributed by atoms with E-state index in [1.165, 1.54) is 16.2 Å². The number of amides is 1. The van der Waals surface area contributed by atoms with E-state index in [1.807, 2.05) is 36.4 Å². The van der Waals surface area contributed by atoms with Gasteiger partial charge in [0.15, 0.2) is 9.84 Å². The van der Waals surface area contributed by atoms with Crippen LogP contribution in [0, 0.1) is 0 Å². The molecular weight excluding hydrogens is 526 g/mol. The molecule has 0 aliphatic carbocycles. The number of esters is 1. The van der Waals surface area contributed by atoms with Crippen LogP contribution >= 0.6 is 11.3 Å². The number of hydrogen-bond acceptors (Lipinski definition) is 8. The summed E-state index contributed by atoms with van der Waals surface area (Å²) in [7, 11) is -2.19. The third-order valence-corrected chi connectivity index (χ3v) is 9.86. The van der Waals surface area contributed by atoms with Crippen LogP contribution in [0.15, 0.2) is 36.4 Å². The van der Waals surface area contributed by atoms with Crippen molar-refractivity contribution in [2.75, 3.05) is 26.0 Å². The molecule has 1 aromatic heterocycles. The van der Waals surface area contributed by atoms with Gasteiger partial charge in [-0.1, -0.05) is 0 Å². The lowest BCUT2D eigenvalue weighted by molar-refractivity contribution is -0.155. The van der Waals surface area contributed by atoms with E-state index >= 15 is 0 Å². The maximum atomic E-state index is 13.8. The van der Waals surface area contributed by atoms with Gasteiger partial charge in [-0.25, -0.2) is 13.2 Å². The van der Waals surface area contributed by atoms with E-state index in [0.29, 0.717) is 0 Å². The highest BCUT2D eigenvalue weighted by Crippen LogP contribution is 2.38. The molecule has 1 aromatic carbocycles. The van der Waals surface area contributed by atoms with Crippen molar-refractivity contribution in [2.45, 2.75) is 76.8 Å². The molecule has 1 aliphatic rings. The fraction of sp³-hybridized carbons (Fsp3) is 0.571. The van der Waals surface area contributed by atoms with Gasteiger partial charge in [0, 0.05) is 29.3 Å². The lowest BCUT2D eigenvalue weighted by Crippen LogP contribution is -2.45. The normalized spacial score (nSPS) is 19.9. The van der Waals surface area contributed by atoms with E-state index in [2.05, 4.69) is 0 Å². The first-order chi connectivity index (χ1) is 17.5. The van der Waals surface area contributed by atoms with Crippen molar-refractivity contribution in [3.8, 4) is 16.2 Å². The molecule has 0 N–H and O–H groups in total. The average molecular weight is 566 g/mol. The van der Waals surface area contributed by atoms with Gasteiger partial charge in [0.25, 0.3) is 0 Å². The average Bonchev–Trinajstić information content (AvgIpc) is 3.19. The molecule has 8 nitrogen and oxygen atoms in total. The lowest BCUT2D eigenvalue weighted by atomic mass is 9.94. The van der Waals surface area contributed by atoms with Crippen molar-refractivity contribution in [1.29, 1.82) is 0 Å². The molecular formula is C28H39NO7S2. The summed E-state index contributed by atoms with van der Waals surface area (Å²) in [5.74, 6) is -0.0779. The number of nitrogens with zero attached hydrogens (tertiary/aromatic N) is 1. The zero-order valence-corrected chi connectivity index (χ0v) is 25.0. The van der Waals surface area contributed by atoms with E-state index < -0.39 is 37.8 Å². The van der Waals surface area contributed by atoms with Crippen LogP contribution in [0.4, 0.5) is 4.79 Å². The topological polar surface area (TPSA) is 99.2 Å². The summed E-state index contributed by atoms with van der Waals surface area (Å²) in [6, 6.07) is 11.5. The third kappa shape index (κ3) is 7.72. The number of benzene rings is 1. The number of sulfone groups is 1. The Balaban J connectivity index is 1.93. The Morgan fingerprint density at radius 2 is 1.58 bits per heavy atom. The van der Waals surface area contributed by atoms with Crippen LogP contribution in [-0.4, -0.2) is 67.3 Å². The van der Waals surface area contributed by atoms with Gasteiger partial charge in [-0.2, -0.15) is 0 Å². The van der Waals surface area contributed by atoms with Crippen molar-refractivity contribution in [1.82, 2.24) is 4.90 Å². The van der Waals surface area contributed by atoms with Crippen LogP contribution in [-0.2, 0) is 30.5 Å². The summed E-state index contributed by atoms with van der Waals surface area (Å²) in [5, 5.41) is 0. The largest absolute Gasteiger partial charge is 0.497 e. The van der Waals surface area contributed by atoms with Gasteiger partial charge in [0.05, 0.1) is 24.0 Å². The number of thiophene rings is 1. The number of carbonyl (C=O) groups is 2. The molecule has 10 heteroatoms. The second-order valence-electron chi connectivity index (χ2n) is 11.7. The van der Waals surface area contributed by atoms with E-state index in [0.717, 1.165) is 21.1 Å². The van der Waals surface area contributed by atoms with Crippen LogP contribution in [0.1, 0.15) is 59.3 Å². The minimum Gasteiger partial charge on any atom is -0.497 e. The Bertz CT molecular complexity index is 1240. The number of rotatable bonds is 6. The van der Waals surface area contributed by atoms with Crippen LogP contribution < -0.4 is 4.74 Å². The summed E-state index contributed by atoms with van der Waals surface area (Å²) in [4.78, 5) is 29.0. The van der Waals surface area contributed by atoms with Crippen molar-refractivity contribution < 1.29 is 32.2 Å². The van der Waals surface area contributed by atoms with Gasteiger partial charge in [-0.05, 0) is 89.9 Å². The molecule has 1 aliphatic heterocycles. The molecule has 0 bridgehead atoms. The molecule has 0 radical (unpaired) electrons. The van der Waals surface area contributed by atoms with E-state index in [9.17, 15) is 18.0 Å². The highest BCUT2D eigenvalue weighted by molar-refractivity contribution is 7.92. The second-order valence-corrected chi connectivity index (χ2v) is 15.3. The summed E-state index contributed by atoms with van der Waals surface area (Å²) in [5.41, 5.74) is -0.465. The molecule has 210 valence electrons. The van der Waals surface area contributed by atoms with Crippen molar-refractivity contribution in [2.24, 2.45) is 0 Å². The van der Waals surface area contributed by atoms with Gasteiger partial charge in [-0.15, -0.1) is 11.3 Å². The molecule has 1 unspecified atom stereocenters. The summed E-state index contributed by atoms with van der Waals surface area (Å²) in [6.45, 7) is 10.7. The Morgan fingerprint density at radius 1 is 0.947 bits per heavy atom. The van der Waals surface area contributed by atoms with Gasteiger partial charge < -0.3 is 19.1 Å². The van der Waals surface area contributed by atoms with Gasteiger partial charge in [0.1, 0.15) is 17.0 Å². The maximum absolute atomic E-state index is 13.8. The molecule has 38 heavy (non-hydrogen) atoms. The number of carbonyl (C=O) groups excluding carboxylic acids is 2. The molecule has 0 spiro atoms. The van der Waals surface area contributed by atoms with E-state index in [1.54, 1.807) is 48.7 Å². The van der Waals surface area contributed by atoms with Crippen LogP contribution in [0.3, 0.4) is 0 Å². The minimum atomic E-state index is -3.81. The SMILES string of the molecule is COc1ccc(-c2ccc(CC3(CC(=O)OC(C)(C)C)CCN(C(=O)OC(C)(C)C)CCS3(=O)=O)s2)cc1. The van der Waals surface area contributed by atoms with Crippen molar-refractivity contribution in [3.63, 3.8) is 0 Å². The zero-order valence-electron chi connectivity index (χ0n) is 23.3. The fourth-order valence-corrected chi connectivity index (χ4v) is 7.62. The zero-order chi connectivity index (χ0) is 28.4. The van der Waals surface area contributed by atoms with Gasteiger partial charge >= 0.3 is 12.1 Å². The maximum Gasteiger partial charge on any atom is 0.410 e. The van der Waals surface area contributed by atoms with E-state index in [-0.39, 0.29) is 38.1 Å². The van der Waals surface area contributed by atoms with Crippen LogP contribution in [0.5, 0.6) is 5.75 Å². The predicted molar refractivity (Wildman–Crippen MR) is 149 cm³/mol. The first-order valence-electron chi connectivity index (χ1n) is 12.7. The highest BCUT2D eigenvalue weighted by atomic mass is 32.2. The molecule has 1 amide bonds. The van der Waals surface area contributed by atoms with Gasteiger partial charge in [0.2, 0.25) is 0 Å². The van der Waals surface area contributed by atoms with Crippen molar-refractivity contribution >= 4 is 33.2 Å². The first-order valence-corrected chi connectivity index (χ1v) is 15.1. The molecule has 1 atom stereocenters. The summed E-state index contributed by atoms with van der Waals surface area (Å²) >= 11 is 1.49. The Hall–Kier alpha value is -2.59. The predicted octanol–water partition coefficient (Wildman–Crippen LogP) is 5.49. The monoisotopic (exact) mass is 565 g/mol. The summed E-state index contributed by atoms with van der Waals surface area (Å²) < 4.78 is 42.6. The Labute approximate surface area is 230 Å². The third-order valence-electron chi connectivity index (χ3n) is 6.20. The molecule has 1 fully saturated rings. The first kappa shape index (κ1) is 30.0. The second kappa shape index (κ2) is 11.3. The van der Waals surface area contributed by atoms with Crippen molar-refractivity contribution in [3.05, 3.63) is 41.3 Å². The smallest absolute Gasteiger partial charge is 0.410 e. The standard InChI is InChI=1S/C28H39NO7S2/c1-26(2,3)35-24(30)19-28(14-15-29(16-17-38(28,32)33)25(31)36-27(4,5)6)18-22-12-13-23(37-22)20-8-10-21(34-7)11-9-20/h8-13H,14-19H2,1-7H3. The Kier molecular flexibility index (Phi) is 8.88. The Morgan fingerprint density at radius 3 is 2.16 bits per heavy atom.